The van der Waals surface area contributed by atoms with E-state index in [1.54, 1.807) is 12.4 Å². The number of rotatable bonds is 4. The average molecular weight is 286 g/mol. The van der Waals surface area contributed by atoms with E-state index in [0.717, 1.165) is 23.1 Å². The predicted molar refractivity (Wildman–Crippen MR) is 84.8 cm³/mol. The molecule has 0 saturated heterocycles. The van der Waals surface area contributed by atoms with Crippen LogP contribution in [0.4, 0.5) is 5.69 Å². The largest absolute Gasteiger partial charge is 0.330 e. The first kappa shape index (κ1) is 15.4. The summed E-state index contributed by atoms with van der Waals surface area (Å²) >= 11 is 0. The molecule has 0 bridgehead atoms. The van der Waals surface area contributed by atoms with Gasteiger partial charge in [0.15, 0.2) is 0 Å². The normalized spacial score (nSPS) is 13.1. The van der Waals surface area contributed by atoms with Crippen LogP contribution in [0, 0.1) is 11.3 Å². The van der Waals surface area contributed by atoms with Gasteiger partial charge in [0.2, 0.25) is 5.91 Å². The number of hydrogen-bond donors (Lipinski definition) is 2. The minimum Gasteiger partial charge on any atom is -0.330 e. The molecule has 1 aromatic heterocycles. The summed E-state index contributed by atoms with van der Waals surface area (Å²) in [6.45, 7) is 6.66. The van der Waals surface area contributed by atoms with E-state index in [2.05, 4.69) is 36.1 Å². The van der Waals surface area contributed by atoms with Crippen LogP contribution >= 0.6 is 0 Å². The van der Waals surface area contributed by atoms with Gasteiger partial charge in [0.1, 0.15) is 0 Å². The third kappa shape index (κ3) is 4.23. The van der Waals surface area contributed by atoms with Crippen LogP contribution in [0.3, 0.4) is 0 Å². The van der Waals surface area contributed by atoms with Crippen LogP contribution in [0.15, 0.2) is 30.6 Å². The molecule has 0 fully saturated rings. The van der Waals surface area contributed by atoms with Crippen LogP contribution in [-0.4, -0.2) is 22.4 Å². The fourth-order valence-corrected chi connectivity index (χ4v) is 2.31. The molecule has 5 nitrogen and oxygen atoms in total. The molecule has 0 saturated carbocycles. The summed E-state index contributed by atoms with van der Waals surface area (Å²) < 4.78 is 0. The molecule has 1 amide bonds. The summed E-state index contributed by atoms with van der Waals surface area (Å²) in [6, 6.07) is 5.50. The molecule has 0 aliphatic carbocycles. The number of fused-ring (bicyclic) bond motifs is 1. The van der Waals surface area contributed by atoms with Gasteiger partial charge in [-0.1, -0.05) is 20.8 Å². The molecular formula is C16H22N4O. The van der Waals surface area contributed by atoms with Gasteiger partial charge in [-0.05, 0) is 30.0 Å². The molecule has 2 rings (SSSR count). The van der Waals surface area contributed by atoms with Gasteiger partial charge in [0.25, 0.3) is 0 Å². The zero-order chi connectivity index (χ0) is 15.5. The molecule has 1 heterocycles. The zero-order valence-corrected chi connectivity index (χ0v) is 12.8. The lowest BCUT2D eigenvalue weighted by atomic mass is 9.84. The van der Waals surface area contributed by atoms with Crippen molar-refractivity contribution in [1.29, 1.82) is 0 Å². The molecule has 2 aromatic rings. The number of amides is 1. The summed E-state index contributed by atoms with van der Waals surface area (Å²) in [4.78, 5) is 20.8. The summed E-state index contributed by atoms with van der Waals surface area (Å²) in [5, 5.41) is 2.92. The van der Waals surface area contributed by atoms with E-state index in [1.165, 1.54) is 0 Å². The molecule has 0 aliphatic rings. The van der Waals surface area contributed by atoms with E-state index in [1.807, 2.05) is 18.2 Å². The van der Waals surface area contributed by atoms with Crippen molar-refractivity contribution in [3.63, 3.8) is 0 Å². The number of nitrogens with one attached hydrogen (secondary N) is 1. The van der Waals surface area contributed by atoms with E-state index in [0.29, 0.717) is 6.54 Å². The lowest BCUT2D eigenvalue weighted by Crippen LogP contribution is -2.32. The van der Waals surface area contributed by atoms with Gasteiger partial charge < -0.3 is 11.1 Å². The van der Waals surface area contributed by atoms with Crippen molar-refractivity contribution in [2.75, 3.05) is 11.9 Å². The summed E-state index contributed by atoms with van der Waals surface area (Å²) in [7, 11) is 0. The fraction of sp³-hybridized carbons (Fsp3) is 0.438. The number of anilines is 1. The Balaban J connectivity index is 2.12. The van der Waals surface area contributed by atoms with Gasteiger partial charge in [-0.15, -0.1) is 0 Å². The monoisotopic (exact) mass is 286 g/mol. The maximum absolute atomic E-state index is 12.3. The van der Waals surface area contributed by atoms with Crippen LogP contribution in [0.25, 0.3) is 11.0 Å². The van der Waals surface area contributed by atoms with Crippen LogP contribution < -0.4 is 11.1 Å². The molecule has 3 N–H and O–H groups in total. The highest BCUT2D eigenvalue weighted by Crippen LogP contribution is 2.25. The van der Waals surface area contributed by atoms with Gasteiger partial charge >= 0.3 is 0 Å². The smallest absolute Gasteiger partial charge is 0.228 e. The minimum absolute atomic E-state index is 0.0457. The van der Waals surface area contributed by atoms with E-state index >= 15 is 0 Å². The Kier molecular flexibility index (Phi) is 4.53. The second-order valence-corrected chi connectivity index (χ2v) is 6.45. The first-order valence-corrected chi connectivity index (χ1v) is 7.11. The molecule has 21 heavy (non-hydrogen) atoms. The van der Waals surface area contributed by atoms with Crippen LogP contribution in [0.2, 0.25) is 0 Å². The Bertz CT molecular complexity index is 633. The lowest BCUT2D eigenvalue weighted by Gasteiger charge is -2.24. The molecule has 0 spiro atoms. The van der Waals surface area contributed by atoms with Crippen LogP contribution in [0.1, 0.15) is 27.2 Å². The highest BCUT2D eigenvalue weighted by molar-refractivity contribution is 5.94. The van der Waals surface area contributed by atoms with Crippen molar-refractivity contribution in [2.24, 2.45) is 17.1 Å². The number of nitrogens with two attached hydrogens (primary N) is 1. The lowest BCUT2D eigenvalue weighted by molar-refractivity contribution is -0.120. The third-order valence-electron chi connectivity index (χ3n) is 3.25. The van der Waals surface area contributed by atoms with Crippen molar-refractivity contribution in [2.45, 2.75) is 27.2 Å². The van der Waals surface area contributed by atoms with E-state index in [-0.39, 0.29) is 17.2 Å². The number of benzene rings is 1. The topological polar surface area (TPSA) is 80.9 Å². The minimum atomic E-state index is -0.192. The SMILES string of the molecule is CC(C)(C)CC(CN)C(=O)Nc1ccc2nccnc2c1. The number of carbonyl (C=O) groups excluding carboxylic acids is 1. The number of hydrogen-bond acceptors (Lipinski definition) is 4. The maximum Gasteiger partial charge on any atom is 0.228 e. The second kappa shape index (κ2) is 6.18. The molecule has 1 atom stereocenters. The van der Waals surface area contributed by atoms with Gasteiger partial charge in [0.05, 0.1) is 17.0 Å². The molecular weight excluding hydrogens is 264 g/mol. The van der Waals surface area contributed by atoms with Crippen molar-refractivity contribution in [3.8, 4) is 0 Å². The van der Waals surface area contributed by atoms with Gasteiger partial charge in [-0.25, -0.2) is 0 Å². The quantitative estimate of drug-likeness (QED) is 0.905. The molecule has 1 aromatic carbocycles. The van der Waals surface area contributed by atoms with Gasteiger partial charge in [-0.3, -0.25) is 14.8 Å². The van der Waals surface area contributed by atoms with Crippen molar-refractivity contribution >= 4 is 22.6 Å². The third-order valence-corrected chi connectivity index (χ3v) is 3.25. The Labute approximate surface area is 125 Å². The Morgan fingerprint density at radius 2 is 1.90 bits per heavy atom. The molecule has 112 valence electrons. The molecule has 5 heteroatoms. The molecule has 0 aliphatic heterocycles. The maximum atomic E-state index is 12.3. The number of nitrogens with zero attached hydrogens (tertiary/aromatic N) is 2. The van der Waals surface area contributed by atoms with Crippen molar-refractivity contribution < 1.29 is 4.79 Å². The summed E-state index contributed by atoms with van der Waals surface area (Å²) in [5.74, 6) is -0.238. The van der Waals surface area contributed by atoms with E-state index in [9.17, 15) is 4.79 Å². The van der Waals surface area contributed by atoms with E-state index in [4.69, 9.17) is 5.73 Å². The molecule has 0 radical (unpaired) electrons. The highest BCUT2D eigenvalue weighted by Gasteiger charge is 2.23. The van der Waals surface area contributed by atoms with Crippen LogP contribution in [0.5, 0.6) is 0 Å². The second-order valence-electron chi connectivity index (χ2n) is 6.45. The Hall–Kier alpha value is -2.01. The highest BCUT2D eigenvalue weighted by atomic mass is 16.1. The standard InChI is InChI=1S/C16H22N4O/c1-16(2,3)9-11(10-17)15(21)20-12-4-5-13-14(8-12)19-7-6-18-13/h4-8,11H,9-10,17H2,1-3H3,(H,20,21). The van der Waals surface area contributed by atoms with Crippen molar-refractivity contribution in [1.82, 2.24) is 9.97 Å². The Morgan fingerprint density at radius 1 is 1.24 bits per heavy atom. The predicted octanol–water partition coefficient (Wildman–Crippen LogP) is 2.58. The summed E-state index contributed by atoms with van der Waals surface area (Å²) in [6.07, 6.45) is 4.04. The van der Waals surface area contributed by atoms with E-state index < -0.39 is 0 Å². The number of aromatic nitrogens is 2. The number of carbonyl (C=O) groups is 1. The van der Waals surface area contributed by atoms with Crippen molar-refractivity contribution in [3.05, 3.63) is 30.6 Å². The average Bonchev–Trinajstić information content (AvgIpc) is 2.43. The zero-order valence-electron chi connectivity index (χ0n) is 12.8. The van der Waals surface area contributed by atoms with Gasteiger partial charge in [0, 0.05) is 24.6 Å². The molecule has 1 unspecified atom stereocenters. The first-order chi connectivity index (χ1) is 9.89. The first-order valence-electron chi connectivity index (χ1n) is 7.11. The van der Waals surface area contributed by atoms with Gasteiger partial charge in [-0.2, -0.15) is 0 Å². The fourth-order valence-electron chi connectivity index (χ4n) is 2.31. The Morgan fingerprint density at radius 3 is 2.52 bits per heavy atom. The summed E-state index contributed by atoms with van der Waals surface area (Å²) in [5.41, 5.74) is 8.10. The van der Waals surface area contributed by atoms with Crippen LogP contribution in [-0.2, 0) is 4.79 Å².